The van der Waals surface area contributed by atoms with Crippen LogP contribution in [0, 0.1) is 0 Å². The monoisotopic (exact) mass is 177 g/mol. The first-order chi connectivity index (χ1) is 5.26. The zero-order valence-corrected chi connectivity index (χ0v) is 8.69. The van der Waals surface area contributed by atoms with Gasteiger partial charge in [-0.2, -0.15) is 0 Å². The Morgan fingerprint density at radius 1 is 1.27 bits per heavy atom. The molecular weight excluding hydrogens is 158 g/mol. The Hall–Kier alpha value is 0.250. The van der Waals surface area contributed by atoms with Crippen molar-refractivity contribution in [3.63, 3.8) is 0 Å². The molecule has 0 N–H and O–H groups in total. The molecule has 0 aromatic rings. The third-order valence-electron chi connectivity index (χ3n) is 2.21. The molecule has 11 heavy (non-hydrogen) atoms. The van der Waals surface area contributed by atoms with Crippen molar-refractivity contribution in [2.45, 2.75) is 39.2 Å². The van der Waals surface area contributed by atoms with Gasteiger partial charge in [-0.05, 0) is 32.9 Å². The van der Waals surface area contributed by atoms with Gasteiger partial charge < -0.3 is 4.90 Å². The highest BCUT2D eigenvalue weighted by atomic mass is 35.5. The normalized spacial score (nSPS) is 11.5. The lowest BCUT2D eigenvalue weighted by Gasteiger charge is -2.25. The molecule has 0 atom stereocenters. The fraction of sp³-hybridized carbons (Fsp3) is 1.00. The quantitative estimate of drug-likeness (QED) is 0.564. The van der Waals surface area contributed by atoms with Gasteiger partial charge in [0.1, 0.15) is 0 Å². The number of nitrogens with zero attached hydrogens (tertiary/aromatic N) is 1. The van der Waals surface area contributed by atoms with E-state index in [1.807, 2.05) is 0 Å². The van der Waals surface area contributed by atoms with Crippen molar-refractivity contribution < 1.29 is 0 Å². The van der Waals surface area contributed by atoms with Crippen LogP contribution in [0.5, 0.6) is 0 Å². The summed E-state index contributed by atoms with van der Waals surface area (Å²) in [5, 5.41) is 0. The summed E-state index contributed by atoms with van der Waals surface area (Å²) in [4.78, 5) is 2.41. The molecule has 0 amide bonds. The molecule has 0 radical (unpaired) electrons. The van der Waals surface area contributed by atoms with E-state index in [1.165, 1.54) is 12.8 Å². The maximum absolute atomic E-state index is 5.61. The smallest absolute Gasteiger partial charge is 0.0235 e. The van der Waals surface area contributed by atoms with Gasteiger partial charge in [0.15, 0.2) is 0 Å². The van der Waals surface area contributed by atoms with E-state index in [0.29, 0.717) is 0 Å². The average molecular weight is 178 g/mol. The average Bonchev–Trinajstić information content (AvgIpc) is 2.03. The van der Waals surface area contributed by atoms with Crippen LogP contribution < -0.4 is 0 Å². The summed E-state index contributed by atoms with van der Waals surface area (Å²) < 4.78 is 0. The maximum Gasteiger partial charge on any atom is 0.0235 e. The van der Waals surface area contributed by atoms with Gasteiger partial charge in [0.2, 0.25) is 0 Å². The first-order valence-electron chi connectivity index (χ1n) is 4.52. The van der Waals surface area contributed by atoms with E-state index in [2.05, 4.69) is 25.8 Å². The minimum atomic E-state index is 0.748. The Labute approximate surface area is 75.7 Å². The van der Waals surface area contributed by atoms with Crippen LogP contribution in [0.25, 0.3) is 0 Å². The van der Waals surface area contributed by atoms with Crippen LogP contribution in [0.2, 0.25) is 0 Å². The van der Waals surface area contributed by atoms with E-state index in [1.54, 1.807) is 0 Å². The predicted molar refractivity (Wildman–Crippen MR) is 52.3 cm³/mol. The molecule has 1 nitrogen and oxygen atoms in total. The van der Waals surface area contributed by atoms with Gasteiger partial charge in [0, 0.05) is 11.9 Å². The van der Waals surface area contributed by atoms with Crippen molar-refractivity contribution in [2.75, 3.05) is 19.5 Å². The molecule has 0 rings (SSSR count). The van der Waals surface area contributed by atoms with E-state index in [4.69, 9.17) is 11.6 Å². The molecule has 68 valence electrons. The molecule has 0 aromatic heterocycles. The van der Waals surface area contributed by atoms with Crippen molar-refractivity contribution in [3.8, 4) is 0 Å². The van der Waals surface area contributed by atoms with Crippen LogP contribution in [-0.4, -0.2) is 30.4 Å². The molecule has 0 aromatic carbocycles. The van der Waals surface area contributed by atoms with Crippen molar-refractivity contribution in [1.29, 1.82) is 0 Å². The number of rotatable bonds is 6. The first kappa shape index (κ1) is 11.2. The highest BCUT2D eigenvalue weighted by Gasteiger charge is 2.08. The first-order valence-corrected chi connectivity index (χ1v) is 5.05. The lowest BCUT2D eigenvalue weighted by molar-refractivity contribution is 0.231. The predicted octanol–water partition coefficient (Wildman–Crippen LogP) is 2.74. The van der Waals surface area contributed by atoms with Gasteiger partial charge in [-0.1, -0.05) is 13.8 Å². The summed E-state index contributed by atoms with van der Waals surface area (Å²) in [6.45, 7) is 5.62. The molecular formula is C9H20ClN. The number of hydrogen-bond donors (Lipinski definition) is 0. The van der Waals surface area contributed by atoms with Crippen molar-refractivity contribution in [3.05, 3.63) is 0 Å². The van der Waals surface area contributed by atoms with E-state index in [0.717, 1.165) is 24.9 Å². The Balaban J connectivity index is 3.51. The van der Waals surface area contributed by atoms with Crippen LogP contribution in [0.3, 0.4) is 0 Å². The standard InChI is InChI=1S/C9H20ClN/c1-4-9(5-2)11(3)8-6-7-10/h9H,4-8H2,1-3H3. The molecule has 0 fully saturated rings. The van der Waals surface area contributed by atoms with Gasteiger partial charge in [-0.15, -0.1) is 11.6 Å². The Kier molecular flexibility index (Phi) is 7.09. The van der Waals surface area contributed by atoms with Gasteiger partial charge in [0.25, 0.3) is 0 Å². The number of alkyl halides is 1. The Morgan fingerprint density at radius 2 is 1.82 bits per heavy atom. The summed E-state index contributed by atoms with van der Waals surface area (Å²) in [5.41, 5.74) is 0. The molecule has 0 spiro atoms. The second-order valence-electron chi connectivity index (χ2n) is 2.99. The van der Waals surface area contributed by atoms with Crippen molar-refractivity contribution in [2.24, 2.45) is 0 Å². The van der Waals surface area contributed by atoms with E-state index >= 15 is 0 Å². The zero-order valence-electron chi connectivity index (χ0n) is 7.94. The highest BCUT2D eigenvalue weighted by Crippen LogP contribution is 2.06. The summed E-state index contributed by atoms with van der Waals surface area (Å²) in [6.07, 6.45) is 3.60. The van der Waals surface area contributed by atoms with E-state index < -0.39 is 0 Å². The summed E-state index contributed by atoms with van der Waals surface area (Å²) >= 11 is 5.61. The largest absolute Gasteiger partial charge is 0.303 e. The second kappa shape index (κ2) is 6.93. The SMILES string of the molecule is CCC(CC)N(C)CCCCl. The maximum atomic E-state index is 5.61. The van der Waals surface area contributed by atoms with Crippen LogP contribution in [-0.2, 0) is 0 Å². The van der Waals surface area contributed by atoms with Gasteiger partial charge in [-0.3, -0.25) is 0 Å². The molecule has 0 saturated heterocycles. The summed E-state index contributed by atoms with van der Waals surface area (Å²) in [5.74, 6) is 0.782. The van der Waals surface area contributed by atoms with Crippen molar-refractivity contribution in [1.82, 2.24) is 4.90 Å². The van der Waals surface area contributed by atoms with Crippen molar-refractivity contribution >= 4 is 11.6 Å². The minimum absolute atomic E-state index is 0.748. The topological polar surface area (TPSA) is 3.24 Å². The fourth-order valence-electron chi connectivity index (χ4n) is 1.40. The molecule has 0 unspecified atom stereocenters. The lowest BCUT2D eigenvalue weighted by atomic mass is 10.1. The van der Waals surface area contributed by atoms with Gasteiger partial charge in [-0.25, -0.2) is 0 Å². The third-order valence-corrected chi connectivity index (χ3v) is 2.48. The van der Waals surface area contributed by atoms with Crippen LogP contribution >= 0.6 is 11.6 Å². The van der Waals surface area contributed by atoms with Crippen LogP contribution in [0.15, 0.2) is 0 Å². The second-order valence-corrected chi connectivity index (χ2v) is 3.37. The number of halogens is 1. The molecule has 0 heterocycles. The minimum Gasteiger partial charge on any atom is -0.303 e. The fourth-order valence-corrected chi connectivity index (χ4v) is 1.52. The number of hydrogen-bond acceptors (Lipinski definition) is 1. The Bertz CT molecular complexity index is 81.6. The van der Waals surface area contributed by atoms with E-state index in [-0.39, 0.29) is 0 Å². The molecule has 0 bridgehead atoms. The van der Waals surface area contributed by atoms with Crippen LogP contribution in [0.4, 0.5) is 0 Å². The molecule has 0 aliphatic heterocycles. The summed E-state index contributed by atoms with van der Waals surface area (Å²) in [7, 11) is 2.18. The Morgan fingerprint density at radius 3 is 2.18 bits per heavy atom. The molecule has 0 saturated carbocycles. The highest BCUT2D eigenvalue weighted by molar-refractivity contribution is 6.17. The van der Waals surface area contributed by atoms with Gasteiger partial charge >= 0.3 is 0 Å². The third kappa shape index (κ3) is 4.65. The zero-order chi connectivity index (χ0) is 8.69. The van der Waals surface area contributed by atoms with Gasteiger partial charge in [0.05, 0.1) is 0 Å². The molecule has 0 aliphatic rings. The van der Waals surface area contributed by atoms with Crippen LogP contribution in [0.1, 0.15) is 33.1 Å². The molecule has 2 heteroatoms. The van der Waals surface area contributed by atoms with E-state index in [9.17, 15) is 0 Å². The molecule has 0 aliphatic carbocycles. The summed E-state index contributed by atoms with van der Waals surface area (Å²) in [6, 6.07) is 0.748. The lowest BCUT2D eigenvalue weighted by Crippen LogP contribution is -2.31.